The number of piperidine rings is 1. The first-order valence-corrected chi connectivity index (χ1v) is 26.9. The van der Waals surface area contributed by atoms with E-state index in [0.717, 1.165) is 65.1 Å². The summed E-state index contributed by atoms with van der Waals surface area (Å²) < 4.78 is 46.7. The number of nitrogens with two attached hydrogens (primary N) is 1. The van der Waals surface area contributed by atoms with E-state index in [-0.39, 0.29) is 54.8 Å². The van der Waals surface area contributed by atoms with Gasteiger partial charge >= 0.3 is 6.18 Å². The van der Waals surface area contributed by atoms with Gasteiger partial charge in [-0.2, -0.15) is 13.2 Å². The molecule has 15 nitrogen and oxygen atoms in total. The van der Waals surface area contributed by atoms with Crippen molar-refractivity contribution in [2.24, 2.45) is 5.41 Å². The molecule has 2 saturated heterocycles. The van der Waals surface area contributed by atoms with Crippen LogP contribution in [0.4, 0.5) is 24.7 Å². The number of carbonyl (C=O) groups excluding carboxylic acids is 4. The summed E-state index contributed by atoms with van der Waals surface area (Å²) in [5.41, 5.74) is 11.0. The molecule has 0 unspecified atom stereocenters. The number of amides is 4. The Morgan fingerprint density at radius 2 is 1.56 bits per heavy atom. The third-order valence-corrected chi connectivity index (χ3v) is 15.4. The van der Waals surface area contributed by atoms with E-state index in [2.05, 4.69) is 30.9 Å². The van der Waals surface area contributed by atoms with Crippen molar-refractivity contribution >= 4 is 57.4 Å². The van der Waals surface area contributed by atoms with Crippen LogP contribution < -0.4 is 26.4 Å². The fraction of sp³-hybridized carbons (Fsp3) is 0.518. The van der Waals surface area contributed by atoms with Crippen molar-refractivity contribution in [1.82, 2.24) is 35.4 Å². The van der Waals surface area contributed by atoms with E-state index in [1.54, 1.807) is 32.3 Å². The maximum absolute atomic E-state index is 14.2. The molecule has 404 valence electrons. The number of benzene rings is 3. The molecule has 0 spiro atoms. The molecule has 5 aromatic rings. The van der Waals surface area contributed by atoms with Crippen LogP contribution in [0.15, 0.2) is 60.1 Å². The lowest BCUT2D eigenvalue weighted by atomic mass is 9.85. The maximum atomic E-state index is 14.2. The predicted molar refractivity (Wildman–Crippen MR) is 286 cm³/mol. The van der Waals surface area contributed by atoms with Crippen LogP contribution in [0.2, 0.25) is 0 Å². The van der Waals surface area contributed by atoms with Crippen LogP contribution in [0.25, 0.3) is 21.3 Å². The number of aromatic nitrogens is 3. The highest BCUT2D eigenvalue weighted by molar-refractivity contribution is 7.13. The molecule has 2 aliphatic heterocycles. The number of likely N-dealkylation sites (tertiary alicyclic amines) is 2. The minimum absolute atomic E-state index is 0.00884. The van der Waals surface area contributed by atoms with Gasteiger partial charge in [-0.05, 0) is 111 Å². The second kappa shape index (κ2) is 24.1. The van der Waals surface area contributed by atoms with Gasteiger partial charge in [-0.3, -0.25) is 19.2 Å². The monoisotopic (exact) mass is 1060 g/mol. The lowest BCUT2D eigenvalue weighted by Crippen LogP contribution is -2.57. The van der Waals surface area contributed by atoms with Crippen LogP contribution >= 0.6 is 11.3 Å². The Balaban J connectivity index is 0.844. The van der Waals surface area contributed by atoms with Gasteiger partial charge in [0.1, 0.15) is 29.5 Å². The molecule has 0 aliphatic carbocycles. The maximum Gasteiger partial charge on any atom is 0.416 e. The normalized spacial score (nSPS) is 17.7. The third-order valence-electron chi connectivity index (χ3n) is 14.5. The quantitative estimate of drug-likeness (QED) is 0.0389. The first-order chi connectivity index (χ1) is 35.5. The summed E-state index contributed by atoms with van der Waals surface area (Å²) >= 11 is 1.57. The summed E-state index contributed by atoms with van der Waals surface area (Å²) in [6.07, 6.45) is 0.535. The van der Waals surface area contributed by atoms with E-state index in [9.17, 15) is 37.5 Å². The number of nitrogens with one attached hydrogen (secondary N) is 3. The number of ether oxygens (including phenoxy) is 1. The number of aliphatic hydroxyl groups is 1. The van der Waals surface area contributed by atoms with Gasteiger partial charge < -0.3 is 41.3 Å². The minimum atomic E-state index is -4.54. The number of anilines is 2. The molecule has 2 fully saturated rings. The average Bonchev–Trinajstić information content (AvgIpc) is 3.98. The van der Waals surface area contributed by atoms with Crippen LogP contribution in [0.5, 0.6) is 5.75 Å². The lowest BCUT2D eigenvalue weighted by Gasteiger charge is -2.35. The van der Waals surface area contributed by atoms with E-state index in [4.69, 9.17) is 10.5 Å². The van der Waals surface area contributed by atoms with Crippen molar-refractivity contribution < 1.29 is 42.2 Å². The SMILES string of the molecule is COc1cc2nc(C)nc(N[C@H](C)c3cc(N)cc(C(F)(F)F)c3)c2cc1C1CCN(C(=O)CCCCCCCC(=O)N[C@H](C(=O)N2C[C@H](O)C[C@H]2C(=O)N[C@@H](C)c2ccc(-c3scnc3C)cc2)C(C)(C)C)CC1. The number of hydrogen-bond acceptors (Lipinski definition) is 12. The zero-order valence-electron chi connectivity index (χ0n) is 44.3. The van der Waals surface area contributed by atoms with Crippen molar-refractivity contribution in [3.05, 3.63) is 93.9 Å². The summed E-state index contributed by atoms with van der Waals surface area (Å²) in [5.74, 6) is 0.780. The molecule has 2 aliphatic rings. The average molecular weight is 1060 g/mol. The van der Waals surface area contributed by atoms with Crippen LogP contribution in [0.1, 0.15) is 151 Å². The Bertz CT molecular complexity index is 2830. The van der Waals surface area contributed by atoms with E-state index in [0.29, 0.717) is 72.6 Å². The molecule has 75 heavy (non-hydrogen) atoms. The van der Waals surface area contributed by atoms with Gasteiger partial charge in [0.15, 0.2) is 0 Å². The Hall–Kier alpha value is -6.34. The molecule has 0 saturated carbocycles. The highest BCUT2D eigenvalue weighted by atomic mass is 32.1. The van der Waals surface area contributed by atoms with Gasteiger partial charge in [0.25, 0.3) is 0 Å². The molecule has 6 N–H and O–H groups in total. The number of nitrogens with zero attached hydrogens (tertiary/aromatic N) is 5. The summed E-state index contributed by atoms with van der Waals surface area (Å²) in [4.78, 5) is 72.6. The van der Waals surface area contributed by atoms with Gasteiger partial charge in [-0.15, -0.1) is 11.3 Å². The van der Waals surface area contributed by atoms with E-state index >= 15 is 0 Å². The molecular formula is C56H72F3N9O6S. The Kier molecular flexibility index (Phi) is 18.1. The highest BCUT2D eigenvalue weighted by Gasteiger charge is 2.45. The van der Waals surface area contributed by atoms with E-state index in [1.807, 2.05) is 81.4 Å². The third kappa shape index (κ3) is 14.1. The van der Waals surface area contributed by atoms with Crippen molar-refractivity contribution in [1.29, 1.82) is 0 Å². The molecule has 4 heterocycles. The fourth-order valence-corrected chi connectivity index (χ4v) is 11.0. The molecule has 19 heteroatoms. The molecule has 5 atom stereocenters. The summed E-state index contributed by atoms with van der Waals surface area (Å²) in [6.45, 7) is 14.1. The number of rotatable bonds is 19. The van der Waals surface area contributed by atoms with E-state index < -0.39 is 47.3 Å². The minimum Gasteiger partial charge on any atom is -0.496 e. The van der Waals surface area contributed by atoms with Gasteiger partial charge in [0.05, 0.1) is 52.5 Å². The number of thiazole rings is 1. The van der Waals surface area contributed by atoms with Crippen molar-refractivity contribution in [2.75, 3.05) is 37.8 Å². The lowest BCUT2D eigenvalue weighted by molar-refractivity contribution is -0.144. The standard InChI is InChI=1S/C56H72F3N9O6S/c1-32(36-16-18-38(19-17-36)50-34(3)61-31-75-50)63-53(72)46-27-42(69)30-68(46)54(73)51(55(5,6)7)66-48(70)14-12-10-9-11-13-15-49(71)67-22-20-37(21-23-67)43-28-44-45(29-47(43)74-8)64-35(4)65-52(44)62-33(2)39-24-40(56(57,58)59)26-41(60)25-39/h16-19,24-26,28-29,31-33,37,42,46,51,69H,9-15,20-23,27,30,60H2,1-8H3,(H,63,72)(H,66,70)(H,62,64,65)/t32-,33+,42+,46-,51+/m0/s1. The zero-order chi connectivity index (χ0) is 54.4. The number of β-amino-alcohol motifs (C(OH)–C–C–N with tert-alkyl or cyclic N) is 1. The van der Waals surface area contributed by atoms with E-state index in [1.165, 1.54) is 11.0 Å². The zero-order valence-corrected chi connectivity index (χ0v) is 45.1. The molecule has 7 rings (SSSR count). The van der Waals surface area contributed by atoms with Crippen molar-refractivity contribution in [2.45, 2.75) is 155 Å². The Morgan fingerprint density at radius 3 is 2.20 bits per heavy atom. The number of halogens is 3. The van der Waals surface area contributed by atoms with Crippen molar-refractivity contribution in [3.63, 3.8) is 0 Å². The van der Waals surface area contributed by atoms with Crippen LogP contribution in [0.3, 0.4) is 0 Å². The van der Waals surface area contributed by atoms with Gasteiger partial charge in [0, 0.05) is 56.0 Å². The van der Waals surface area contributed by atoms with Gasteiger partial charge in [-0.25, -0.2) is 15.0 Å². The molecule has 0 radical (unpaired) electrons. The topological polar surface area (TPSA) is 205 Å². The molecule has 3 aromatic carbocycles. The van der Waals surface area contributed by atoms with Gasteiger partial charge in [0.2, 0.25) is 23.6 Å². The molecule has 0 bridgehead atoms. The van der Waals surface area contributed by atoms with Crippen LogP contribution in [-0.2, 0) is 25.4 Å². The summed E-state index contributed by atoms with van der Waals surface area (Å²) in [5, 5.41) is 20.7. The predicted octanol–water partition coefficient (Wildman–Crippen LogP) is 9.96. The molecular weight excluding hydrogens is 984 g/mol. The number of fused-ring (bicyclic) bond motifs is 1. The summed E-state index contributed by atoms with van der Waals surface area (Å²) in [7, 11) is 1.60. The number of carbonyl (C=O) groups is 4. The molecule has 2 aromatic heterocycles. The Morgan fingerprint density at radius 1 is 0.880 bits per heavy atom. The number of methoxy groups -OCH3 is 1. The number of aryl methyl sites for hydroxylation is 2. The van der Waals surface area contributed by atoms with Crippen LogP contribution in [-0.4, -0.2) is 98.4 Å². The fourth-order valence-electron chi connectivity index (χ4n) is 10.2. The second-order valence-electron chi connectivity index (χ2n) is 21.3. The largest absolute Gasteiger partial charge is 0.496 e. The summed E-state index contributed by atoms with van der Waals surface area (Å²) in [6, 6.07) is 12.6. The highest BCUT2D eigenvalue weighted by Crippen LogP contribution is 2.40. The number of unbranched alkanes of at least 4 members (excludes halogenated alkanes) is 4. The number of aliphatic hydroxyl groups excluding tert-OH is 1. The Labute approximate surface area is 441 Å². The second-order valence-corrected chi connectivity index (χ2v) is 22.1. The first kappa shape index (κ1) is 56.4. The molecule has 4 amide bonds. The number of nitrogen functional groups attached to an aromatic ring is 1. The smallest absolute Gasteiger partial charge is 0.416 e. The number of alkyl halides is 3. The number of hydrogen-bond donors (Lipinski definition) is 5. The van der Waals surface area contributed by atoms with Crippen molar-refractivity contribution in [3.8, 4) is 16.2 Å². The van der Waals surface area contributed by atoms with Crippen LogP contribution in [0, 0.1) is 19.3 Å². The van der Waals surface area contributed by atoms with Gasteiger partial charge in [-0.1, -0.05) is 64.3 Å². The first-order valence-electron chi connectivity index (χ1n) is 26.0.